The van der Waals surface area contributed by atoms with Gasteiger partial charge < -0.3 is 11.1 Å². The van der Waals surface area contributed by atoms with E-state index in [9.17, 15) is 4.79 Å². The zero-order valence-corrected chi connectivity index (χ0v) is 11.5. The van der Waals surface area contributed by atoms with E-state index in [0.717, 1.165) is 4.88 Å². The number of hydrogen-bond acceptors (Lipinski definition) is 5. The lowest BCUT2D eigenvalue weighted by atomic mass is 10.3. The first-order valence-electron chi connectivity index (χ1n) is 4.82. The van der Waals surface area contributed by atoms with Crippen molar-refractivity contribution in [3.63, 3.8) is 0 Å². The van der Waals surface area contributed by atoms with E-state index in [4.69, 9.17) is 28.9 Å². The number of carbonyl (C=O) groups excluding carboxylic acids is 1. The molecule has 0 atom stereocenters. The number of amides is 1. The topological polar surface area (TPSA) is 80.9 Å². The summed E-state index contributed by atoms with van der Waals surface area (Å²) < 4.78 is 0. The maximum atomic E-state index is 11.9. The Morgan fingerprint density at radius 2 is 2.17 bits per heavy atom. The molecule has 0 aliphatic rings. The third kappa shape index (κ3) is 2.55. The van der Waals surface area contributed by atoms with Gasteiger partial charge in [0.1, 0.15) is 11.3 Å². The Hall–Kier alpha value is -1.37. The Kier molecular flexibility index (Phi) is 3.70. The first-order valence-corrected chi connectivity index (χ1v) is 6.39. The average Bonchev–Trinajstić information content (AvgIpc) is 2.66. The fourth-order valence-corrected chi connectivity index (χ4v) is 2.33. The number of halogens is 2. The van der Waals surface area contributed by atoms with E-state index < -0.39 is 0 Å². The lowest BCUT2D eigenvalue weighted by molar-refractivity contribution is 0.103. The summed E-state index contributed by atoms with van der Waals surface area (Å²) in [5, 5.41) is 2.75. The standard InChI is InChI=1S/C10H8Cl2N4OS/c1-4-5(13)2-6(18-4)10(17)16-9-7(11)8(12)14-3-15-9/h2-3H,13H2,1H3,(H,14,15,16,17). The van der Waals surface area contributed by atoms with E-state index in [-0.39, 0.29) is 21.9 Å². The minimum absolute atomic E-state index is 0.0869. The molecule has 0 aliphatic heterocycles. The highest BCUT2D eigenvalue weighted by Gasteiger charge is 2.14. The number of nitrogen functional groups attached to an aromatic ring is 1. The van der Waals surface area contributed by atoms with Crippen LogP contribution in [0.3, 0.4) is 0 Å². The minimum atomic E-state index is -0.337. The van der Waals surface area contributed by atoms with E-state index >= 15 is 0 Å². The molecule has 2 heterocycles. The second-order valence-corrected chi connectivity index (χ2v) is 5.40. The van der Waals surface area contributed by atoms with Crippen molar-refractivity contribution in [3.8, 4) is 0 Å². The van der Waals surface area contributed by atoms with Crippen molar-refractivity contribution < 1.29 is 4.79 Å². The lowest BCUT2D eigenvalue weighted by Crippen LogP contribution is -2.12. The van der Waals surface area contributed by atoms with Gasteiger partial charge in [0.25, 0.3) is 5.91 Å². The van der Waals surface area contributed by atoms with Gasteiger partial charge in [-0.1, -0.05) is 23.2 Å². The van der Waals surface area contributed by atoms with Crippen LogP contribution in [-0.2, 0) is 0 Å². The summed E-state index contributed by atoms with van der Waals surface area (Å²) in [6, 6.07) is 1.60. The van der Waals surface area contributed by atoms with Crippen LogP contribution >= 0.6 is 34.5 Å². The Morgan fingerprint density at radius 1 is 1.44 bits per heavy atom. The Morgan fingerprint density at radius 3 is 2.78 bits per heavy atom. The van der Waals surface area contributed by atoms with Crippen LogP contribution in [0, 0.1) is 6.92 Å². The smallest absolute Gasteiger partial charge is 0.267 e. The van der Waals surface area contributed by atoms with Crippen LogP contribution in [0.15, 0.2) is 12.4 Å². The predicted octanol–water partition coefficient (Wildman–Crippen LogP) is 2.99. The van der Waals surface area contributed by atoms with Crippen molar-refractivity contribution in [2.45, 2.75) is 6.92 Å². The van der Waals surface area contributed by atoms with E-state index in [0.29, 0.717) is 10.6 Å². The summed E-state index contributed by atoms with van der Waals surface area (Å²) in [4.78, 5) is 20.8. The van der Waals surface area contributed by atoms with Gasteiger partial charge in [-0.3, -0.25) is 4.79 Å². The molecular weight excluding hydrogens is 295 g/mol. The van der Waals surface area contributed by atoms with Gasteiger partial charge in [0.15, 0.2) is 11.0 Å². The molecule has 3 N–H and O–H groups in total. The Labute approximate surface area is 117 Å². The average molecular weight is 303 g/mol. The fourth-order valence-electron chi connectivity index (χ4n) is 1.21. The Bertz CT molecular complexity index is 594. The zero-order chi connectivity index (χ0) is 13.3. The number of aryl methyl sites for hydroxylation is 1. The molecule has 0 unspecified atom stereocenters. The van der Waals surface area contributed by atoms with Crippen LogP contribution in [0.5, 0.6) is 0 Å². The fraction of sp³-hybridized carbons (Fsp3) is 0.100. The van der Waals surface area contributed by atoms with Crippen LogP contribution in [0.1, 0.15) is 14.5 Å². The number of aromatic nitrogens is 2. The number of rotatable bonds is 2. The maximum absolute atomic E-state index is 11.9. The number of thiophene rings is 1. The van der Waals surface area contributed by atoms with Crippen molar-refractivity contribution in [2.75, 3.05) is 11.1 Å². The van der Waals surface area contributed by atoms with Crippen LogP contribution in [-0.4, -0.2) is 15.9 Å². The number of nitrogens with zero attached hydrogens (tertiary/aromatic N) is 2. The van der Waals surface area contributed by atoms with E-state index in [1.807, 2.05) is 6.92 Å². The van der Waals surface area contributed by atoms with Gasteiger partial charge in [-0.25, -0.2) is 9.97 Å². The van der Waals surface area contributed by atoms with Crippen LogP contribution in [0.4, 0.5) is 11.5 Å². The Balaban J connectivity index is 2.24. The lowest BCUT2D eigenvalue weighted by Gasteiger charge is -2.04. The van der Waals surface area contributed by atoms with Gasteiger partial charge in [-0.2, -0.15) is 0 Å². The first kappa shape index (κ1) is 13.1. The SMILES string of the molecule is Cc1sc(C(=O)Nc2ncnc(Cl)c2Cl)cc1N. The normalized spacial score (nSPS) is 10.4. The highest BCUT2D eigenvalue weighted by molar-refractivity contribution is 7.14. The highest BCUT2D eigenvalue weighted by Crippen LogP contribution is 2.28. The molecule has 2 aromatic heterocycles. The molecule has 2 rings (SSSR count). The summed E-state index contributed by atoms with van der Waals surface area (Å²) in [5.41, 5.74) is 6.26. The second kappa shape index (κ2) is 5.09. The number of nitrogens with one attached hydrogen (secondary N) is 1. The molecule has 0 aliphatic carbocycles. The molecule has 0 aromatic carbocycles. The molecular formula is C10H8Cl2N4OS. The molecule has 5 nitrogen and oxygen atoms in total. The van der Waals surface area contributed by atoms with Crippen molar-refractivity contribution in [1.82, 2.24) is 9.97 Å². The highest BCUT2D eigenvalue weighted by atomic mass is 35.5. The second-order valence-electron chi connectivity index (χ2n) is 3.40. The summed E-state index contributed by atoms with van der Waals surface area (Å²) >= 11 is 12.9. The largest absolute Gasteiger partial charge is 0.398 e. The van der Waals surface area contributed by atoms with Crippen molar-refractivity contribution >= 4 is 52.0 Å². The molecule has 94 valence electrons. The molecule has 2 aromatic rings. The molecule has 0 saturated heterocycles. The predicted molar refractivity (Wildman–Crippen MR) is 73.5 cm³/mol. The van der Waals surface area contributed by atoms with E-state index in [2.05, 4.69) is 15.3 Å². The molecule has 8 heteroatoms. The monoisotopic (exact) mass is 302 g/mol. The van der Waals surface area contributed by atoms with Crippen molar-refractivity contribution in [3.05, 3.63) is 32.3 Å². The third-order valence-corrected chi connectivity index (χ3v) is 3.97. The molecule has 18 heavy (non-hydrogen) atoms. The summed E-state index contributed by atoms with van der Waals surface area (Å²) in [5.74, 6) is -0.164. The van der Waals surface area contributed by atoms with Crippen molar-refractivity contribution in [1.29, 1.82) is 0 Å². The number of hydrogen-bond donors (Lipinski definition) is 2. The van der Waals surface area contributed by atoms with Gasteiger partial charge in [0, 0.05) is 10.6 Å². The summed E-state index contributed by atoms with van der Waals surface area (Å²) in [7, 11) is 0. The van der Waals surface area contributed by atoms with Gasteiger partial charge in [-0.05, 0) is 13.0 Å². The first-order chi connectivity index (χ1) is 8.49. The molecule has 0 fully saturated rings. The minimum Gasteiger partial charge on any atom is -0.398 e. The molecule has 0 saturated carbocycles. The van der Waals surface area contributed by atoms with Crippen LogP contribution in [0.2, 0.25) is 10.2 Å². The van der Waals surface area contributed by atoms with Gasteiger partial charge >= 0.3 is 0 Å². The molecule has 1 amide bonds. The number of nitrogens with two attached hydrogens (primary N) is 1. The quantitative estimate of drug-likeness (QED) is 0.836. The third-order valence-electron chi connectivity index (χ3n) is 2.16. The zero-order valence-electron chi connectivity index (χ0n) is 9.20. The van der Waals surface area contributed by atoms with Gasteiger partial charge in [-0.15, -0.1) is 11.3 Å². The van der Waals surface area contributed by atoms with E-state index in [1.165, 1.54) is 17.7 Å². The maximum Gasteiger partial charge on any atom is 0.267 e. The van der Waals surface area contributed by atoms with E-state index in [1.54, 1.807) is 6.07 Å². The molecule has 0 spiro atoms. The van der Waals surface area contributed by atoms with Crippen LogP contribution < -0.4 is 11.1 Å². The van der Waals surface area contributed by atoms with Gasteiger partial charge in [0.05, 0.1) is 4.88 Å². The summed E-state index contributed by atoms with van der Waals surface area (Å²) in [6.07, 6.45) is 1.22. The van der Waals surface area contributed by atoms with Crippen molar-refractivity contribution in [2.24, 2.45) is 0 Å². The summed E-state index contributed by atoms with van der Waals surface area (Å²) in [6.45, 7) is 1.84. The van der Waals surface area contributed by atoms with Gasteiger partial charge in [0.2, 0.25) is 0 Å². The number of anilines is 2. The molecule has 0 radical (unpaired) electrons. The van der Waals surface area contributed by atoms with Crippen LogP contribution in [0.25, 0.3) is 0 Å². The molecule has 0 bridgehead atoms. The number of carbonyl (C=O) groups is 1.